The Kier molecular flexibility index (Phi) is 4.78. The van der Waals surface area contributed by atoms with E-state index in [1.54, 1.807) is 6.92 Å². The van der Waals surface area contributed by atoms with Crippen LogP contribution in [0.5, 0.6) is 0 Å². The van der Waals surface area contributed by atoms with E-state index < -0.39 is 0 Å². The molecule has 2 heterocycles. The second-order valence-corrected chi connectivity index (χ2v) is 7.60. The first-order valence-electron chi connectivity index (χ1n) is 8.20. The number of rotatable bonds is 1. The number of hydrogen-bond donors (Lipinski definition) is 1. The van der Waals surface area contributed by atoms with Crippen molar-refractivity contribution in [3.63, 3.8) is 0 Å². The van der Waals surface area contributed by atoms with Gasteiger partial charge in [0.25, 0.3) is 5.91 Å². The summed E-state index contributed by atoms with van der Waals surface area (Å²) in [6.07, 6.45) is 3.17. The van der Waals surface area contributed by atoms with Gasteiger partial charge in [-0.2, -0.15) is 0 Å². The molecule has 4 heteroatoms. The van der Waals surface area contributed by atoms with Crippen LogP contribution in [0, 0.1) is 25.2 Å². The van der Waals surface area contributed by atoms with Crippen LogP contribution in [0.25, 0.3) is 0 Å². The van der Waals surface area contributed by atoms with E-state index in [0.29, 0.717) is 17.2 Å². The predicted molar refractivity (Wildman–Crippen MR) is 89.2 cm³/mol. The Morgan fingerprint density at radius 1 is 1.23 bits per heavy atom. The van der Waals surface area contributed by atoms with E-state index in [9.17, 15) is 9.59 Å². The summed E-state index contributed by atoms with van der Waals surface area (Å²) in [5.74, 6) is 0.510. The van der Waals surface area contributed by atoms with Crippen LogP contribution < -0.4 is 5.43 Å². The first-order chi connectivity index (χ1) is 10.2. The molecule has 0 unspecified atom stereocenters. The minimum atomic E-state index is -0.171. The number of carbonyl (C=O) groups excluding carboxylic acids is 1. The lowest BCUT2D eigenvalue weighted by Gasteiger charge is -2.29. The topological polar surface area (TPSA) is 53.2 Å². The predicted octanol–water partition coefficient (Wildman–Crippen LogP) is 3.28. The van der Waals surface area contributed by atoms with Crippen molar-refractivity contribution in [2.24, 2.45) is 11.3 Å². The summed E-state index contributed by atoms with van der Waals surface area (Å²) in [5, 5.41) is 0. The van der Waals surface area contributed by atoms with Crippen LogP contribution in [-0.4, -0.2) is 28.9 Å². The average Bonchev–Trinajstić information content (AvgIpc) is 2.62. The quantitative estimate of drug-likeness (QED) is 0.865. The first kappa shape index (κ1) is 16.8. The molecule has 1 amide bonds. The molecule has 4 nitrogen and oxygen atoms in total. The van der Waals surface area contributed by atoms with Gasteiger partial charge >= 0.3 is 0 Å². The van der Waals surface area contributed by atoms with Crippen molar-refractivity contribution in [3.8, 4) is 0 Å². The first-order valence-corrected chi connectivity index (χ1v) is 8.20. The monoisotopic (exact) mass is 304 g/mol. The molecule has 1 aromatic heterocycles. The van der Waals surface area contributed by atoms with Gasteiger partial charge < -0.3 is 9.88 Å². The molecule has 2 rings (SSSR count). The summed E-state index contributed by atoms with van der Waals surface area (Å²) < 4.78 is 0. The second-order valence-electron chi connectivity index (χ2n) is 7.60. The van der Waals surface area contributed by atoms with Crippen molar-refractivity contribution < 1.29 is 4.79 Å². The molecule has 1 aromatic rings. The van der Waals surface area contributed by atoms with Gasteiger partial charge in [0.1, 0.15) is 5.56 Å². The molecule has 0 bridgehead atoms. The lowest BCUT2D eigenvalue weighted by molar-refractivity contribution is 0.0753. The highest BCUT2D eigenvalue weighted by atomic mass is 16.2. The molecule has 1 aliphatic rings. The lowest BCUT2D eigenvalue weighted by atomic mass is 9.77. The van der Waals surface area contributed by atoms with Crippen LogP contribution in [0.1, 0.15) is 61.8 Å². The Hall–Kier alpha value is -1.58. The molecular weight excluding hydrogens is 276 g/mol. The summed E-state index contributed by atoms with van der Waals surface area (Å²) in [5.41, 5.74) is 1.88. The van der Waals surface area contributed by atoms with Crippen molar-refractivity contribution >= 4 is 5.91 Å². The maximum atomic E-state index is 12.8. The highest BCUT2D eigenvalue weighted by Gasteiger charge is 2.29. The van der Waals surface area contributed by atoms with Gasteiger partial charge in [0.05, 0.1) is 0 Å². The molecule has 22 heavy (non-hydrogen) atoms. The summed E-state index contributed by atoms with van der Waals surface area (Å²) in [6, 6.07) is 1.51. The van der Waals surface area contributed by atoms with Crippen molar-refractivity contribution in [2.75, 3.05) is 13.1 Å². The molecule has 122 valence electrons. The highest BCUT2D eigenvalue weighted by molar-refractivity contribution is 5.95. The van der Waals surface area contributed by atoms with Gasteiger partial charge in [0.15, 0.2) is 5.43 Å². The minimum absolute atomic E-state index is 0.117. The van der Waals surface area contributed by atoms with Crippen LogP contribution >= 0.6 is 0 Å². The molecule has 0 radical (unpaired) electrons. The Morgan fingerprint density at radius 2 is 1.91 bits per heavy atom. The molecular formula is C18H28N2O2. The summed E-state index contributed by atoms with van der Waals surface area (Å²) in [6.45, 7) is 11.9. The number of H-pyrrole nitrogens is 1. The highest BCUT2D eigenvalue weighted by Crippen LogP contribution is 2.34. The molecule has 0 aliphatic carbocycles. The van der Waals surface area contributed by atoms with Gasteiger partial charge in [0, 0.05) is 30.5 Å². The van der Waals surface area contributed by atoms with Gasteiger partial charge in [-0.25, -0.2) is 0 Å². The normalized spacial score (nSPS) is 19.9. The summed E-state index contributed by atoms with van der Waals surface area (Å²) in [4.78, 5) is 29.9. The molecule has 0 aromatic carbocycles. The molecule has 1 saturated heterocycles. The number of aromatic nitrogens is 1. The largest absolute Gasteiger partial charge is 0.362 e. The van der Waals surface area contributed by atoms with Crippen LogP contribution in [-0.2, 0) is 0 Å². The van der Waals surface area contributed by atoms with E-state index in [0.717, 1.165) is 38.0 Å². The summed E-state index contributed by atoms with van der Waals surface area (Å²) in [7, 11) is 0. The zero-order valence-electron chi connectivity index (χ0n) is 14.5. The number of carbonyl (C=O) groups is 1. The third-order valence-corrected chi connectivity index (χ3v) is 4.81. The molecule has 1 aliphatic heterocycles. The van der Waals surface area contributed by atoms with E-state index >= 15 is 0 Å². The summed E-state index contributed by atoms with van der Waals surface area (Å²) >= 11 is 0. The zero-order chi connectivity index (χ0) is 16.5. The van der Waals surface area contributed by atoms with Crippen LogP contribution in [0.15, 0.2) is 10.9 Å². The zero-order valence-corrected chi connectivity index (χ0v) is 14.5. The minimum Gasteiger partial charge on any atom is -0.362 e. The smallest absolute Gasteiger partial charge is 0.259 e. The van der Waals surface area contributed by atoms with Crippen molar-refractivity contribution in [3.05, 3.63) is 33.2 Å². The number of pyridine rings is 1. The van der Waals surface area contributed by atoms with Crippen molar-refractivity contribution in [1.82, 2.24) is 9.88 Å². The molecule has 1 N–H and O–H groups in total. The number of aryl methyl sites for hydroxylation is 2. The van der Waals surface area contributed by atoms with Gasteiger partial charge in [-0.15, -0.1) is 0 Å². The molecule has 0 saturated carbocycles. The van der Waals surface area contributed by atoms with Crippen LogP contribution in [0.4, 0.5) is 0 Å². The van der Waals surface area contributed by atoms with E-state index in [4.69, 9.17) is 0 Å². The second kappa shape index (κ2) is 6.27. The molecule has 1 atom stereocenters. The van der Waals surface area contributed by atoms with E-state index in [1.165, 1.54) is 6.07 Å². The standard InChI is InChI=1S/C18H28N2O2/c1-12-11-15(21)16(13(2)19-12)17(22)20-9-6-7-14(8-10-20)18(3,4)5/h11,14H,6-10H2,1-5H3,(H,19,21)/t14-/m1/s1. The molecule has 1 fully saturated rings. The fourth-order valence-corrected chi connectivity index (χ4v) is 3.44. The maximum absolute atomic E-state index is 12.8. The Bertz CT molecular complexity index is 610. The Balaban J connectivity index is 2.19. The van der Waals surface area contributed by atoms with E-state index in [-0.39, 0.29) is 16.8 Å². The Morgan fingerprint density at radius 3 is 2.50 bits per heavy atom. The number of likely N-dealkylation sites (tertiary alicyclic amines) is 1. The molecule has 0 spiro atoms. The SMILES string of the molecule is Cc1cc(=O)c(C(=O)N2CCC[C@@H](C(C)(C)C)CC2)c(C)[nH]1. The van der Waals surface area contributed by atoms with Crippen molar-refractivity contribution in [1.29, 1.82) is 0 Å². The van der Waals surface area contributed by atoms with E-state index in [1.807, 2.05) is 11.8 Å². The fourth-order valence-electron chi connectivity index (χ4n) is 3.44. The maximum Gasteiger partial charge on any atom is 0.259 e. The van der Waals surface area contributed by atoms with Gasteiger partial charge in [-0.1, -0.05) is 20.8 Å². The lowest BCUT2D eigenvalue weighted by Crippen LogP contribution is -2.36. The number of nitrogens with zero attached hydrogens (tertiary/aromatic N) is 1. The number of hydrogen-bond acceptors (Lipinski definition) is 2. The Labute approximate surface area is 132 Å². The van der Waals surface area contributed by atoms with Gasteiger partial charge in [-0.3, -0.25) is 9.59 Å². The van der Waals surface area contributed by atoms with Crippen LogP contribution in [0.2, 0.25) is 0 Å². The van der Waals surface area contributed by atoms with Gasteiger partial charge in [0.2, 0.25) is 0 Å². The third kappa shape index (κ3) is 3.60. The third-order valence-electron chi connectivity index (χ3n) is 4.81. The van der Waals surface area contributed by atoms with Gasteiger partial charge in [-0.05, 0) is 44.4 Å². The average molecular weight is 304 g/mol. The van der Waals surface area contributed by atoms with E-state index in [2.05, 4.69) is 25.8 Å². The fraction of sp³-hybridized carbons (Fsp3) is 0.667. The number of amides is 1. The number of nitrogens with one attached hydrogen (secondary N) is 1. The van der Waals surface area contributed by atoms with Crippen molar-refractivity contribution in [2.45, 2.75) is 53.9 Å². The number of aromatic amines is 1. The van der Waals surface area contributed by atoms with Crippen LogP contribution in [0.3, 0.4) is 0 Å².